The Bertz CT molecular complexity index is 1340. The fraction of sp³-hybridized carbons (Fsp3) is 0.367. The zero-order valence-electron chi connectivity index (χ0n) is 20.5. The number of aryl methyl sites for hydroxylation is 1. The van der Waals surface area contributed by atoms with Crippen molar-refractivity contribution in [2.24, 2.45) is 23.7 Å². The third-order valence-corrected chi connectivity index (χ3v) is 9.91. The molecule has 0 saturated heterocycles. The lowest BCUT2D eigenvalue weighted by Crippen LogP contribution is -2.43. The summed E-state index contributed by atoms with van der Waals surface area (Å²) in [5.74, 6) is 4.06. The standard InChI is InChI=1S/C30H32N2O3S/c1-19-2-12-28(13-3-19)36(34,35)32-27-10-6-23(7-11-27)30(33)31-26-8-4-22(5-9-26)29-24-15-20-14-21(17-24)18-25(29)16-20/h2-13,20-21,24-25,29,32H,14-18H2,1H3,(H,31,33). The number of sulfonamides is 1. The SMILES string of the molecule is Cc1ccc(S(=O)(=O)Nc2ccc(C(=O)Nc3ccc(C4C5CC6CC(C5)CC4C6)cc3)cc2)cc1. The molecule has 4 fully saturated rings. The molecule has 0 unspecified atom stereocenters. The summed E-state index contributed by atoms with van der Waals surface area (Å²) in [6, 6.07) is 21.6. The zero-order valence-corrected chi connectivity index (χ0v) is 21.3. The van der Waals surface area contributed by atoms with Crippen LogP contribution in [0, 0.1) is 30.6 Å². The highest BCUT2D eigenvalue weighted by Gasteiger charge is 2.48. The number of carbonyl (C=O) groups is 1. The average Bonchev–Trinajstić information content (AvgIpc) is 2.85. The third-order valence-electron chi connectivity index (χ3n) is 8.51. The van der Waals surface area contributed by atoms with Gasteiger partial charge in [0.2, 0.25) is 0 Å². The van der Waals surface area contributed by atoms with Gasteiger partial charge in [-0.05, 0) is 123 Å². The molecule has 4 saturated carbocycles. The van der Waals surface area contributed by atoms with Gasteiger partial charge in [0.05, 0.1) is 4.90 Å². The Hall–Kier alpha value is -3.12. The van der Waals surface area contributed by atoms with Gasteiger partial charge in [-0.1, -0.05) is 29.8 Å². The zero-order chi connectivity index (χ0) is 24.9. The van der Waals surface area contributed by atoms with Gasteiger partial charge in [-0.15, -0.1) is 0 Å². The monoisotopic (exact) mass is 500 g/mol. The van der Waals surface area contributed by atoms with Gasteiger partial charge in [-0.2, -0.15) is 0 Å². The molecule has 0 spiro atoms. The van der Waals surface area contributed by atoms with E-state index in [1.54, 1.807) is 48.5 Å². The smallest absolute Gasteiger partial charge is 0.261 e. The largest absolute Gasteiger partial charge is 0.322 e. The molecule has 0 aliphatic heterocycles. The lowest BCUT2D eigenvalue weighted by atomic mass is 9.51. The summed E-state index contributed by atoms with van der Waals surface area (Å²) in [5, 5.41) is 2.97. The molecule has 4 bridgehead atoms. The maximum Gasteiger partial charge on any atom is 0.261 e. The van der Waals surface area contributed by atoms with Crippen molar-refractivity contribution in [3.05, 3.63) is 89.5 Å². The molecule has 7 rings (SSSR count). The van der Waals surface area contributed by atoms with Crippen molar-refractivity contribution in [1.29, 1.82) is 0 Å². The molecule has 6 heteroatoms. The normalized spacial score (nSPS) is 26.5. The van der Waals surface area contributed by atoms with Crippen molar-refractivity contribution in [2.45, 2.75) is 49.8 Å². The van der Waals surface area contributed by atoms with Crippen LogP contribution in [0.2, 0.25) is 0 Å². The van der Waals surface area contributed by atoms with Crippen molar-refractivity contribution in [1.82, 2.24) is 0 Å². The highest BCUT2D eigenvalue weighted by Crippen LogP contribution is 2.59. The Morgan fingerprint density at radius 3 is 1.86 bits per heavy atom. The predicted octanol–water partition coefficient (Wildman–Crippen LogP) is 6.59. The Labute approximate surface area is 213 Å². The summed E-state index contributed by atoms with van der Waals surface area (Å²) in [6.45, 7) is 1.91. The highest BCUT2D eigenvalue weighted by atomic mass is 32.2. The summed E-state index contributed by atoms with van der Waals surface area (Å²) in [4.78, 5) is 13.0. The van der Waals surface area contributed by atoms with Gasteiger partial charge in [0.25, 0.3) is 15.9 Å². The first-order valence-corrected chi connectivity index (χ1v) is 14.4. The molecule has 0 aromatic heterocycles. The Balaban J connectivity index is 1.09. The van der Waals surface area contributed by atoms with E-state index in [0.717, 1.165) is 34.9 Å². The highest BCUT2D eigenvalue weighted by molar-refractivity contribution is 7.92. The van der Waals surface area contributed by atoms with Crippen molar-refractivity contribution >= 4 is 27.3 Å². The van der Waals surface area contributed by atoms with Crippen LogP contribution >= 0.6 is 0 Å². The van der Waals surface area contributed by atoms with Gasteiger partial charge < -0.3 is 5.32 Å². The van der Waals surface area contributed by atoms with E-state index in [0.29, 0.717) is 17.2 Å². The van der Waals surface area contributed by atoms with Crippen LogP contribution in [-0.2, 0) is 10.0 Å². The molecule has 4 aliphatic carbocycles. The quantitative estimate of drug-likeness (QED) is 0.401. The molecule has 0 heterocycles. The van der Waals surface area contributed by atoms with E-state index in [1.807, 2.05) is 19.1 Å². The van der Waals surface area contributed by atoms with E-state index in [-0.39, 0.29) is 10.8 Å². The van der Waals surface area contributed by atoms with E-state index in [4.69, 9.17) is 0 Å². The molecular weight excluding hydrogens is 468 g/mol. The minimum Gasteiger partial charge on any atom is -0.322 e. The van der Waals surface area contributed by atoms with Crippen molar-refractivity contribution < 1.29 is 13.2 Å². The second-order valence-electron chi connectivity index (χ2n) is 11.0. The molecule has 1 amide bonds. The third kappa shape index (κ3) is 4.55. The maximum absolute atomic E-state index is 12.8. The number of rotatable bonds is 6. The van der Waals surface area contributed by atoms with Crippen LogP contribution in [0.3, 0.4) is 0 Å². The molecule has 0 atom stereocenters. The molecule has 0 radical (unpaired) electrons. The van der Waals surface area contributed by atoms with Gasteiger partial charge in [0.1, 0.15) is 0 Å². The first-order chi connectivity index (χ1) is 17.3. The fourth-order valence-electron chi connectivity index (χ4n) is 7.08. The number of hydrogen-bond donors (Lipinski definition) is 2. The molecule has 186 valence electrons. The van der Waals surface area contributed by atoms with Gasteiger partial charge in [-0.25, -0.2) is 8.42 Å². The van der Waals surface area contributed by atoms with Crippen LogP contribution in [0.4, 0.5) is 11.4 Å². The minimum atomic E-state index is -3.68. The van der Waals surface area contributed by atoms with Crippen LogP contribution in [0.1, 0.15) is 59.5 Å². The Morgan fingerprint density at radius 1 is 0.722 bits per heavy atom. The predicted molar refractivity (Wildman–Crippen MR) is 143 cm³/mol. The van der Waals surface area contributed by atoms with Crippen molar-refractivity contribution in [3.63, 3.8) is 0 Å². The number of anilines is 2. The first-order valence-electron chi connectivity index (χ1n) is 12.9. The van der Waals surface area contributed by atoms with Gasteiger partial charge in [0.15, 0.2) is 0 Å². The maximum atomic E-state index is 12.8. The van der Waals surface area contributed by atoms with E-state index in [2.05, 4.69) is 22.2 Å². The number of benzene rings is 3. The number of amides is 1. The molecule has 5 nitrogen and oxygen atoms in total. The second-order valence-corrected chi connectivity index (χ2v) is 12.7. The summed E-state index contributed by atoms with van der Waals surface area (Å²) < 4.78 is 27.8. The Morgan fingerprint density at radius 2 is 1.28 bits per heavy atom. The van der Waals surface area contributed by atoms with Crippen LogP contribution < -0.4 is 10.0 Å². The van der Waals surface area contributed by atoms with E-state index < -0.39 is 10.0 Å². The van der Waals surface area contributed by atoms with Crippen molar-refractivity contribution in [2.75, 3.05) is 10.0 Å². The minimum absolute atomic E-state index is 0.201. The van der Waals surface area contributed by atoms with Gasteiger partial charge >= 0.3 is 0 Å². The molecule has 36 heavy (non-hydrogen) atoms. The van der Waals surface area contributed by atoms with E-state index in [9.17, 15) is 13.2 Å². The van der Waals surface area contributed by atoms with Crippen LogP contribution in [-0.4, -0.2) is 14.3 Å². The van der Waals surface area contributed by atoms with Crippen LogP contribution in [0.25, 0.3) is 0 Å². The lowest BCUT2D eigenvalue weighted by Gasteiger charge is -2.54. The van der Waals surface area contributed by atoms with Gasteiger partial charge in [0, 0.05) is 16.9 Å². The summed E-state index contributed by atoms with van der Waals surface area (Å²) >= 11 is 0. The average molecular weight is 501 g/mol. The lowest BCUT2D eigenvalue weighted by molar-refractivity contribution is -0.00277. The molecule has 3 aromatic rings. The number of nitrogens with one attached hydrogen (secondary N) is 2. The summed E-state index contributed by atoms with van der Waals surface area (Å²) in [5.41, 5.74) is 4.07. The van der Waals surface area contributed by atoms with Gasteiger partial charge in [-0.3, -0.25) is 9.52 Å². The Kier molecular flexibility index (Phi) is 5.87. The van der Waals surface area contributed by atoms with Crippen LogP contribution in [0.5, 0.6) is 0 Å². The molecule has 2 N–H and O–H groups in total. The first kappa shape index (κ1) is 23.3. The van der Waals surface area contributed by atoms with Crippen LogP contribution in [0.15, 0.2) is 77.7 Å². The summed E-state index contributed by atoms with van der Waals surface area (Å²) in [7, 11) is -3.68. The van der Waals surface area contributed by atoms with E-state index >= 15 is 0 Å². The number of carbonyl (C=O) groups excluding carboxylic acids is 1. The fourth-order valence-corrected chi connectivity index (χ4v) is 8.14. The van der Waals surface area contributed by atoms with Crippen molar-refractivity contribution in [3.8, 4) is 0 Å². The van der Waals surface area contributed by atoms with E-state index in [1.165, 1.54) is 37.7 Å². The topological polar surface area (TPSA) is 75.3 Å². The molecule has 4 aliphatic rings. The second kappa shape index (κ2) is 9.07. The summed E-state index contributed by atoms with van der Waals surface area (Å²) in [6.07, 6.45) is 7.05. The molecule has 3 aromatic carbocycles. The number of hydrogen-bond acceptors (Lipinski definition) is 3. The molecular formula is C30H32N2O3S.